The minimum absolute atomic E-state index is 0.0343. The van der Waals surface area contributed by atoms with Crippen molar-refractivity contribution in [1.82, 2.24) is 15.1 Å². The van der Waals surface area contributed by atoms with Crippen LogP contribution in [-0.4, -0.2) is 33.3 Å². The lowest BCUT2D eigenvalue weighted by molar-refractivity contribution is -0.137. The van der Waals surface area contributed by atoms with Crippen LogP contribution in [0.15, 0.2) is 36.5 Å². The lowest BCUT2D eigenvalue weighted by Crippen LogP contribution is -2.29. The van der Waals surface area contributed by atoms with Gasteiger partial charge in [-0.2, -0.15) is 5.10 Å². The van der Waals surface area contributed by atoms with E-state index in [4.69, 9.17) is 5.11 Å². The van der Waals surface area contributed by atoms with Crippen molar-refractivity contribution >= 4 is 11.9 Å². The monoisotopic (exact) mass is 315 g/mol. The Kier molecular flexibility index (Phi) is 5.51. The second-order valence-corrected chi connectivity index (χ2v) is 5.70. The molecule has 0 saturated carbocycles. The molecule has 0 fully saturated rings. The van der Waals surface area contributed by atoms with E-state index in [1.54, 1.807) is 17.8 Å². The smallest absolute Gasteiger partial charge is 0.303 e. The van der Waals surface area contributed by atoms with Gasteiger partial charge in [-0.25, -0.2) is 0 Å². The Morgan fingerprint density at radius 1 is 1.30 bits per heavy atom. The molecule has 122 valence electrons. The van der Waals surface area contributed by atoms with Crippen molar-refractivity contribution in [2.24, 2.45) is 5.92 Å². The van der Waals surface area contributed by atoms with E-state index in [0.29, 0.717) is 18.7 Å². The van der Waals surface area contributed by atoms with E-state index >= 15 is 0 Å². The van der Waals surface area contributed by atoms with Crippen molar-refractivity contribution in [2.45, 2.75) is 26.8 Å². The number of carboxylic acids is 1. The molecule has 0 spiro atoms. The van der Waals surface area contributed by atoms with Crippen LogP contribution in [0.2, 0.25) is 0 Å². The molecule has 2 aromatic rings. The van der Waals surface area contributed by atoms with Crippen molar-refractivity contribution in [1.29, 1.82) is 0 Å². The number of carbonyl (C=O) groups excluding carboxylic acids is 1. The molecule has 0 aliphatic rings. The number of aliphatic carboxylic acids is 1. The van der Waals surface area contributed by atoms with Gasteiger partial charge in [0, 0.05) is 18.7 Å². The Balaban J connectivity index is 1.98. The molecule has 1 aromatic heterocycles. The first-order chi connectivity index (χ1) is 11.0. The molecule has 1 unspecified atom stereocenters. The third-order valence-corrected chi connectivity index (χ3v) is 3.66. The molecular weight excluding hydrogens is 294 g/mol. The standard InChI is InChI=1S/C17H21N3O3/c1-12(8-16(21)22)9-18-17(23)15-10-19-20(13(15)2)11-14-6-4-3-5-7-14/h3-7,10,12H,8-9,11H2,1-2H3,(H,18,23)(H,21,22). The highest BCUT2D eigenvalue weighted by atomic mass is 16.4. The average molecular weight is 315 g/mol. The molecule has 23 heavy (non-hydrogen) atoms. The van der Waals surface area contributed by atoms with E-state index in [1.807, 2.05) is 37.3 Å². The maximum absolute atomic E-state index is 12.2. The van der Waals surface area contributed by atoms with Gasteiger partial charge in [0.15, 0.2) is 0 Å². The van der Waals surface area contributed by atoms with Gasteiger partial charge < -0.3 is 10.4 Å². The fourth-order valence-electron chi connectivity index (χ4n) is 2.32. The van der Waals surface area contributed by atoms with Gasteiger partial charge in [0.2, 0.25) is 0 Å². The van der Waals surface area contributed by atoms with Gasteiger partial charge in [-0.3, -0.25) is 14.3 Å². The summed E-state index contributed by atoms with van der Waals surface area (Å²) in [7, 11) is 0. The quantitative estimate of drug-likeness (QED) is 0.819. The van der Waals surface area contributed by atoms with E-state index in [0.717, 1.165) is 11.3 Å². The molecule has 1 aromatic carbocycles. The van der Waals surface area contributed by atoms with Gasteiger partial charge in [-0.05, 0) is 18.4 Å². The first-order valence-electron chi connectivity index (χ1n) is 7.53. The molecule has 6 heteroatoms. The normalized spacial score (nSPS) is 11.9. The van der Waals surface area contributed by atoms with Crippen LogP contribution < -0.4 is 5.32 Å². The summed E-state index contributed by atoms with van der Waals surface area (Å²) in [5.41, 5.74) is 2.42. The van der Waals surface area contributed by atoms with Crippen molar-refractivity contribution in [3.63, 3.8) is 0 Å². The first kappa shape index (κ1) is 16.7. The number of carbonyl (C=O) groups is 2. The fourth-order valence-corrected chi connectivity index (χ4v) is 2.32. The van der Waals surface area contributed by atoms with Crippen LogP contribution in [-0.2, 0) is 11.3 Å². The number of nitrogens with one attached hydrogen (secondary N) is 1. The minimum Gasteiger partial charge on any atom is -0.481 e. The van der Waals surface area contributed by atoms with E-state index in [2.05, 4.69) is 10.4 Å². The first-order valence-corrected chi connectivity index (χ1v) is 7.53. The highest BCUT2D eigenvalue weighted by Gasteiger charge is 2.15. The molecule has 0 aliphatic heterocycles. The van der Waals surface area contributed by atoms with Gasteiger partial charge in [0.25, 0.3) is 5.91 Å². The molecule has 6 nitrogen and oxygen atoms in total. The van der Waals surface area contributed by atoms with E-state index < -0.39 is 5.97 Å². The predicted molar refractivity (Wildman–Crippen MR) is 86.3 cm³/mol. The Labute approximate surface area is 135 Å². The maximum Gasteiger partial charge on any atom is 0.303 e. The number of hydrogen-bond donors (Lipinski definition) is 2. The Bertz CT molecular complexity index is 680. The number of nitrogens with zero attached hydrogens (tertiary/aromatic N) is 2. The molecule has 0 saturated heterocycles. The average Bonchev–Trinajstić information content (AvgIpc) is 2.86. The number of carboxylic acid groups (broad SMARTS) is 1. The number of benzene rings is 1. The Morgan fingerprint density at radius 2 is 2.00 bits per heavy atom. The van der Waals surface area contributed by atoms with Crippen LogP contribution in [0.3, 0.4) is 0 Å². The maximum atomic E-state index is 12.2. The summed E-state index contributed by atoms with van der Waals surface area (Å²) < 4.78 is 1.78. The van der Waals surface area contributed by atoms with Crippen molar-refractivity contribution < 1.29 is 14.7 Å². The molecule has 2 rings (SSSR count). The minimum atomic E-state index is -0.862. The second kappa shape index (κ2) is 7.58. The van der Waals surface area contributed by atoms with Crippen LogP contribution in [0.1, 0.15) is 35.0 Å². The molecule has 1 atom stereocenters. The lowest BCUT2D eigenvalue weighted by Gasteiger charge is -2.10. The zero-order valence-corrected chi connectivity index (χ0v) is 13.3. The van der Waals surface area contributed by atoms with Gasteiger partial charge in [0.05, 0.1) is 18.3 Å². The van der Waals surface area contributed by atoms with E-state index in [9.17, 15) is 9.59 Å². The summed E-state index contributed by atoms with van der Waals surface area (Å²) in [6.45, 7) is 4.58. The van der Waals surface area contributed by atoms with E-state index in [-0.39, 0.29) is 18.2 Å². The topological polar surface area (TPSA) is 84.2 Å². The van der Waals surface area contributed by atoms with Gasteiger partial charge in [-0.15, -0.1) is 0 Å². The van der Waals surface area contributed by atoms with Crippen LogP contribution >= 0.6 is 0 Å². The summed E-state index contributed by atoms with van der Waals surface area (Å²) in [6, 6.07) is 9.90. The lowest BCUT2D eigenvalue weighted by atomic mass is 10.1. The van der Waals surface area contributed by atoms with Crippen LogP contribution in [0.5, 0.6) is 0 Å². The summed E-state index contributed by atoms with van der Waals surface area (Å²) in [4.78, 5) is 22.8. The van der Waals surface area contributed by atoms with Crippen LogP contribution in [0, 0.1) is 12.8 Å². The number of hydrogen-bond acceptors (Lipinski definition) is 3. The van der Waals surface area contributed by atoms with Gasteiger partial charge in [0.1, 0.15) is 0 Å². The van der Waals surface area contributed by atoms with Crippen molar-refractivity contribution in [3.05, 3.63) is 53.3 Å². The third-order valence-electron chi connectivity index (χ3n) is 3.66. The molecule has 1 amide bonds. The summed E-state index contributed by atoms with van der Waals surface area (Å²) >= 11 is 0. The number of aromatic nitrogens is 2. The van der Waals surface area contributed by atoms with E-state index in [1.165, 1.54) is 0 Å². The highest BCUT2D eigenvalue weighted by Crippen LogP contribution is 2.10. The Morgan fingerprint density at radius 3 is 2.65 bits per heavy atom. The molecule has 2 N–H and O–H groups in total. The molecular formula is C17H21N3O3. The van der Waals surface area contributed by atoms with Crippen molar-refractivity contribution in [2.75, 3.05) is 6.54 Å². The largest absolute Gasteiger partial charge is 0.481 e. The van der Waals surface area contributed by atoms with Crippen LogP contribution in [0.4, 0.5) is 0 Å². The molecule has 0 bridgehead atoms. The van der Waals surface area contributed by atoms with Crippen molar-refractivity contribution in [3.8, 4) is 0 Å². The highest BCUT2D eigenvalue weighted by molar-refractivity contribution is 5.95. The second-order valence-electron chi connectivity index (χ2n) is 5.70. The summed E-state index contributed by atoms with van der Waals surface area (Å²) in [5, 5.41) is 15.8. The number of rotatable bonds is 7. The predicted octanol–water partition coefficient (Wildman–Crippen LogP) is 2.08. The zero-order valence-electron chi connectivity index (χ0n) is 13.3. The summed E-state index contributed by atoms with van der Waals surface area (Å²) in [6.07, 6.45) is 1.59. The van der Waals surface area contributed by atoms with Gasteiger partial charge >= 0.3 is 5.97 Å². The third kappa shape index (κ3) is 4.67. The van der Waals surface area contributed by atoms with Crippen LogP contribution in [0.25, 0.3) is 0 Å². The molecule has 1 heterocycles. The number of amides is 1. The SMILES string of the molecule is Cc1c(C(=O)NCC(C)CC(=O)O)cnn1Cc1ccccc1. The summed E-state index contributed by atoms with van der Waals surface area (Å²) in [5.74, 6) is -1.20. The Hall–Kier alpha value is -2.63. The zero-order chi connectivity index (χ0) is 16.8. The molecule has 0 radical (unpaired) electrons. The fraction of sp³-hybridized carbons (Fsp3) is 0.353. The van der Waals surface area contributed by atoms with Gasteiger partial charge in [-0.1, -0.05) is 37.3 Å². The molecule has 0 aliphatic carbocycles.